The molecule has 0 atom stereocenters. The third-order valence-electron chi connectivity index (χ3n) is 16.3. The van der Waals surface area contributed by atoms with Crippen LogP contribution >= 0.6 is 0 Å². The first-order chi connectivity index (χ1) is 33.7. The lowest BCUT2D eigenvalue weighted by atomic mass is 9.77. The molecule has 0 heterocycles. The highest BCUT2D eigenvalue weighted by Gasteiger charge is 2.24. The molecule has 0 radical (unpaired) electrons. The molecular formula is C66H86O2. The first-order valence-corrected chi connectivity index (χ1v) is 28.1. The van der Waals surface area contributed by atoms with Crippen molar-refractivity contribution in [3.8, 4) is 22.6 Å². The molecule has 2 aliphatic rings. The van der Waals surface area contributed by atoms with Crippen LogP contribution in [0.15, 0.2) is 121 Å². The van der Waals surface area contributed by atoms with Crippen LogP contribution in [0.3, 0.4) is 0 Å². The molecule has 0 spiro atoms. The van der Waals surface area contributed by atoms with Crippen LogP contribution in [0.5, 0.6) is 11.5 Å². The van der Waals surface area contributed by atoms with E-state index in [-0.39, 0.29) is 0 Å². The van der Waals surface area contributed by atoms with E-state index < -0.39 is 0 Å². The van der Waals surface area contributed by atoms with Crippen LogP contribution in [0.1, 0.15) is 202 Å². The minimum atomic E-state index is 0.733. The van der Waals surface area contributed by atoms with E-state index in [2.05, 4.69) is 135 Å². The van der Waals surface area contributed by atoms with Crippen LogP contribution in [0.25, 0.3) is 32.7 Å². The fraction of sp³-hybridized carbons (Fsp3) is 0.515. The molecule has 68 heavy (non-hydrogen) atoms. The molecular weight excluding hydrogens is 825 g/mol. The van der Waals surface area contributed by atoms with Gasteiger partial charge in [0.1, 0.15) is 11.5 Å². The van der Waals surface area contributed by atoms with Gasteiger partial charge in [-0.25, -0.2) is 0 Å². The van der Waals surface area contributed by atoms with Crippen molar-refractivity contribution in [1.82, 2.24) is 0 Å². The SMILES string of the molecule is CCCCCC1CCC(c2ccc(OCCCCCCc3ccc4ccccc4c3-c3c(CCCCCCOc4ccc(C5CCC(CCCCC)CC5)cc4)ccc4ccccc34)cc2)CC1. The second kappa shape index (κ2) is 27.0. The zero-order valence-corrected chi connectivity index (χ0v) is 42.5. The van der Waals surface area contributed by atoms with Gasteiger partial charge in [-0.1, -0.05) is 188 Å². The maximum absolute atomic E-state index is 6.27. The molecule has 2 heteroatoms. The highest BCUT2D eigenvalue weighted by Crippen LogP contribution is 2.42. The molecule has 2 aliphatic carbocycles. The molecule has 362 valence electrons. The van der Waals surface area contributed by atoms with E-state index in [9.17, 15) is 0 Å². The van der Waals surface area contributed by atoms with Gasteiger partial charge in [0.15, 0.2) is 0 Å². The zero-order chi connectivity index (χ0) is 46.6. The molecule has 0 saturated heterocycles. The Balaban J connectivity index is 0.799. The molecule has 0 aromatic heterocycles. The molecule has 6 aromatic rings. The summed E-state index contributed by atoms with van der Waals surface area (Å²) in [6.07, 6.45) is 33.8. The Labute approximate surface area is 413 Å². The average Bonchev–Trinajstić information content (AvgIpc) is 3.39. The fourth-order valence-corrected chi connectivity index (χ4v) is 12.2. The van der Waals surface area contributed by atoms with Gasteiger partial charge in [-0.05, 0) is 193 Å². The van der Waals surface area contributed by atoms with Crippen molar-refractivity contribution in [3.63, 3.8) is 0 Å². The standard InChI is InChI=1S/C66H86O2/c1-3-5-11-21-51-29-33-53(34-30-51)55-41-45-61(46-42-55)67-49-19-9-7-13-25-59-39-37-57-23-15-17-27-63(57)65(59)66-60(40-38-58-24-16-18-28-64(58)66)26-14-8-10-20-50-68-62-47-43-56(44-48-62)54-35-31-52(32-36-54)22-12-6-4-2/h15-18,23-24,27-28,37-48,51-54H,3-14,19-22,25-26,29-36,49-50H2,1-2H3. The summed E-state index contributed by atoms with van der Waals surface area (Å²) in [6, 6.07) is 46.0. The van der Waals surface area contributed by atoms with Gasteiger partial charge >= 0.3 is 0 Å². The predicted octanol–water partition coefficient (Wildman–Crippen LogP) is 19.7. The van der Waals surface area contributed by atoms with Crippen LogP contribution < -0.4 is 9.47 Å². The predicted molar refractivity (Wildman–Crippen MR) is 293 cm³/mol. The van der Waals surface area contributed by atoms with E-state index in [0.717, 1.165) is 74.1 Å². The minimum absolute atomic E-state index is 0.733. The lowest BCUT2D eigenvalue weighted by Crippen LogP contribution is -2.13. The van der Waals surface area contributed by atoms with Gasteiger partial charge in [-0.15, -0.1) is 0 Å². The summed E-state index contributed by atoms with van der Waals surface area (Å²) in [4.78, 5) is 0. The summed E-state index contributed by atoms with van der Waals surface area (Å²) < 4.78 is 12.5. The van der Waals surface area contributed by atoms with Crippen molar-refractivity contribution in [2.45, 2.75) is 193 Å². The first kappa shape index (κ1) is 49.8. The zero-order valence-electron chi connectivity index (χ0n) is 42.5. The lowest BCUT2D eigenvalue weighted by Gasteiger charge is -2.29. The van der Waals surface area contributed by atoms with Crippen LogP contribution in [0.2, 0.25) is 0 Å². The molecule has 0 amide bonds. The minimum Gasteiger partial charge on any atom is -0.494 e. The van der Waals surface area contributed by atoms with Gasteiger partial charge in [-0.3, -0.25) is 0 Å². The van der Waals surface area contributed by atoms with E-state index in [0.29, 0.717) is 0 Å². The van der Waals surface area contributed by atoms with Crippen LogP contribution in [-0.2, 0) is 12.8 Å². The molecule has 0 aliphatic heterocycles. The third-order valence-corrected chi connectivity index (χ3v) is 16.3. The van der Waals surface area contributed by atoms with E-state index in [1.807, 2.05) is 0 Å². The van der Waals surface area contributed by atoms with Gasteiger partial charge in [0.2, 0.25) is 0 Å². The second-order valence-electron chi connectivity index (χ2n) is 21.2. The monoisotopic (exact) mass is 911 g/mol. The van der Waals surface area contributed by atoms with Crippen molar-refractivity contribution in [2.24, 2.45) is 11.8 Å². The molecule has 8 rings (SSSR count). The lowest BCUT2D eigenvalue weighted by molar-refractivity contribution is 0.299. The van der Waals surface area contributed by atoms with Crippen molar-refractivity contribution in [2.75, 3.05) is 13.2 Å². The summed E-state index contributed by atoms with van der Waals surface area (Å²) in [7, 11) is 0. The van der Waals surface area contributed by atoms with Crippen LogP contribution in [0.4, 0.5) is 0 Å². The number of aryl methyl sites for hydroxylation is 2. The summed E-state index contributed by atoms with van der Waals surface area (Å²) in [6.45, 7) is 6.22. The van der Waals surface area contributed by atoms with Crippen LogP contribution in [0, 0.1) is 11.8 Å². The Bertz CT molecular complexity index is 2190. The van der Waals surface area contributed by atoms with Gasteiger partial charge < -0.3 is 9.47 Å². The van der Waals surface area contributed by atoms with E-state index in [1.165, 1.54) is 196 Å². The van der Waals surface area contributed by atoms with E-state index in [1.54, 1.807) is 0 Å². The summed E-state index contributed by atoms with van der Waals surface area (Å²) in [5.41, 5.74) is 8.91. The van der Waals surface area contributed by atoms with Gasteiger partial charge in [-0.2, -0.15) is 0 Å². The normalized spacial score (nSPS) is 18.6. The first-order valence-electron chi connectivity index (χ1n) is 28.1. The Morgan fingerprint density at radius 3 is 1.18 bits per heavy atom. The summed E-state index contributed by atoms with van der Waals surface area (Å²) in [5, 5.41) is 5.42. The summed E-state index contributed by atoms with van der Waals surface area (Å²) >= 11 is 0. The maximum Gasteiger partial charge on any atom is 0.119 e. The molecule has 0 unspecified atom stereocenters. The smallest absolute Gasteiger partial charge is 0.119 e. The quantitative estimate of drug-likeness (QED) is 0.0480. The fourth-order valence-electron chi connectivity index (χ4n) is 12.2. The van der Waals surface area contributed by atoms with Gasteiger partial charge in [0, 0.05) is 0 Å². The number of ether oxygens (including phenoxy) is 2. The maximum atomic E-state index is 6.27. The molecule has 2 saturated carbocycles. The molecule has 2 nitrogen and oxygen atoms in total. The average molecular weight is 911 g/mol. The molecule has 0 bridgehead atoms. The molecule has 0 N–H and O–H groups in total. The number of rotatable bonds is 27. The van der Waals surface area contributed by atoms with Crippen LogP contribution in [-0.4, -0.2) is 13.2 Å². The van der Waals surface area contributed by atoms with E-state index >= 15 is 0 Å². The van der Waals surface area contributed by atoms with Gasteiger partial charge in [0.25, 0.3) is 0 Å². The van der Waals surface area contributed by atoms with E-state index in [4.69, 9.17) is 9.47 Å². The molecule has 6 aromatic carbocycles. The summed E-state index contributed by atoms with van der Waals surface area (Å²) in [5.74, 6) is 5.44. The Morgan fingerprint density at radius 2 is 0.765 bits per heavy atom. The highest BCUT2D eigenvalue weighted by atomic mass is 16.5. The second-order valence-corrected chi connectivity index (χ2v) is 21.2. The Kier molecular flexibility index (Phi) is 19.8. The number of hydrogen-bond donors (Lipinski definition) is 0. The third kappa shape index (κ3) is 14.3. The van der Waals surface area contributed by atoms with Crippen molar-refractivity contribution in [3.05, 3.63) is 144 Å². The Morgan fingerprint density at radius 1 is 0.368 bits per heavy atom. The van der Waals surface area contributed by atoms with Crippen molar-refractivity contribution >= 4 is 21.5 Å². The molecule has 2 fully saturated rings. The Hall–Kier alpha value is -4.56. The van der Waals surface area contributed by atoms with Gasteiger partial charge in [0.05, 0.1) is 13.2 Å². The largest absolute Gasteiger partial charge is 0.494 e. The topological polar surface area (TPSA) is 18.5 Å². The number of hydrogen-bond acceptors (Lipinski definition) is 2. The number of unbranched alkanes of at least 4 members (excludes halogenated alkanes) is 10. The number of benzene rings is 6. The van der Waals surface area contributed by atoms with Crippen molar-refractivity contribution < 1.29 is 9.47 Å². The number of fused-ring (bicyclic) bond motifs is 2. The highest BCUT2D eigenvalue weighted by molar-refractivity contribution is 6.07. The van der Waals surface area contributed by atoms with Crippen molar-refractivity contribution in [1.29, 1.82) is 0 Å².